The molecule has 0 radical (unpaired) electrons. The molecule has 6 heteroatoms. The first-order valence-electron chi connectivity index (χ1n) is 22.0. The monoisotopic (exact) mass is 890 g/mol. The first kappa shape index (κ1) is 44.3. The van der Waals surface area contributed by atoms with E-state index >= 15 is 0 Å². The number of hydrogen-bond donors (Lipinski definition) is 0. The fourth-order valence-corrected chi connectivity index (χ4v) is 24.5. The van der Waals surface area contributed by atoms with Gasteiger partial charge in [0.15, 0.2) is 0 Å². The number of unbranched alkanes of at least 4 members (excludes halogenated alkanes) is 3. The van der Waals surface area contributed by atoms with E-state index in [-0.39, 0.29) is 6.10 Å². The Morgan fingerprint density at radius 2 is 0.897 bits per heavy atom. The maximum absolute atomic E-state index is 7.37. The van der Waals surface area contributed by atoms with Crippen LogP contribution in [0, 0.1) is 0 Å². The van der Waals surface area contributed by atoms with Crippen LogP contribution < -0.4 is 3.58 Å². The van der Waals surface area contributed by atoms with Crippen LogP contribution >= 0.6 is 0 Å². The summed E-state index contributed by atoms with van der Waals surface area (Å²) in [5.41, 5.74) is 5.61. The molecule has 0 N–H and O–H groups in total. The molecule has 5 nitrogen and oxygen atoms in total. The SMILES string of the molecule is CCC[CH2][Sn]([CH2]CCC)([CH2]CCC)[c]1cccc([C@@H]2O[C@H](COCc3ccccc3)[C@@H](OCc3ccccc3)[C@H](OCc3ccccc3)[C@H]2OCc2ccccc2)c1. The molecule has 0 spiro atoms. The first-order chi connectivity index (χ1) is 28.6. The molecule has 58 heavy (non-hydrogen) atoms. The van der Waals surface area contributed by atoms with Crippen LogP contribution in [0.25, 0.3) is 0 Å². The molecule has 0 aromatic heterocycles. The average Bonchev–Trinajstić information content (AvgIpc) is 3.28. The van der Waals surface area contributed by atoms with Gasteiger partial charge in [-0.2, -0.15) is 0 Å². The van der Waals surface area contributed by atoms with Crippen molar-refractivity contribution in [1.82, 2.24) is 0 Å². The van der Waals surface area contributed by atoms with Crippen LogP contribution in [-0.4, -0.2) is 49.4 Å². The Morgan fingerprint density at radius 1 is 0.466 bits per heavy atom. The molecule has 0 aliphatic carbocycles. The van der Waals surface area contributed by atoms with Crippen LogP contribution in [0.2, 0.25) is 13.3 Å². The van der Waals surface area contributed by atoms with E-state index in [9.17, 15) is 0 Å². The normalized spacial score (nSPS) is 19.6. The molecule has 6 rings (SSSR count). The van der Waals surface area contributed by atoms with E-state index in [0.717, 1.165) is 22.3 Å². The molecule has 5 aromatic rings. The van der Waals surface area contributed by atoms with Crippen molar-refractivity contribution in [3.05, 3.63) is 173 Å². The molecule has 5 aromatic carbocycles. The van der Waals surface area contributed by atoms with Crippen LogP contribution in [-0.2, 0) is 50.1 Å². The Bertz CT molecular complexity index is 1820. The molecular formula is C52H66O5Sn. The van der Waals surface area contributed by atoms with E-state index in [1.54, 1.807) is 3.58 Å². The van der Waals surface area contributed by atoms with E-state index in [2.05, 4.69) is 148 Å². The van der Waals surface area contributed by atoms with Gasteiger partial charge in [0.1, 0.15) is 0 Å². The van der Waals surface area contributed by atoms with Crippen molar-refractivity contribution in [2.24, 2.45) is 0 Å². The fraction of sp³-hybridized carbons (Fsp3) is 0.423. The molecule has 308 valence electrons. The molecule has 1 aliphatic heterocycles. The van der Waals surface area contributed by atoms with Crippen LogP contribution in [0.15, 0.2) is 146 Å². The van der Waals surface area contributed by atoms with Gasteiger partial charge in [-0.1, -0.05) is 12.1 Å². The predicted octanol–water partition coefficient (Wildman–Crippen LogP) is 12.2. The molecule has 0 unspecified atom stereocenters. The van der Waals surface area contributed by atoms with Crippen LogP contribution in [0.5, 0.6) is 0 Å². The third-order valence-electron chi connectivity index (χ3n) is 11.7. The summed E-state index contributed by atoms with van der Waals surface area (Å²) in [5.74, 6) is 0. The summed E-state index contributed by atoms with van der Waals surface area (Å²) in [4.78, 5) is 0. The van der Waals surface area contributed by atoms with Gasteiger partial charge >= 0.3 is 343 Å². The topological polar surface area (TPSA) is 46.2 Å². The van der Waals surface area contributed by atoms with Gasteiger partial charge in [-0.15, -0.1) is 0 Å². The van der Waals surface area contributed by atoms with Gasteiger partial charge in [0.2, 0.25) is 0 Å². The zero-order valence-electron chi connectivity index (χ0n) is 35.2. The molecule has 1 aliphatic rings. The van der Waals surface area contributed by atoms with Gasteiger partial charge in [-0.25, -0.2) is 0 Å². The minimum absolute atomic E-state index is 0.355. The van der Waals surface area contributed by atoms with E-state index in [1.807, 2.05) is 18.2 Å². The second-order valence-corrected chi connectivity index (χ2v) is 29.3. The summed E-state index contributed by atoms with van der Waals surface area (Å²) in [6.07, 6.45) is 5.51. The van der Waals surface area contributed by atoms with Crippen molar-refractivity contribution in [2.75, 3.05) is 6.61 Å². The van der Waals surface area contributed by atoms with Gasteiger partial charge in [-0.3, -0.25) is 0 Å². The summed E-state index contributed by atoms with van der Waals surface area (Å²) in [6, 6.07) is 51.2. The second kappa shape index (κ2) is 24.1. The van der Waals surface area contributed by atoms with Crippen molar-refractivity contribution < 1.29 is 23.7 Å². The number of hydrogen-bond acceptors (Lipinski definition) is 5. The summed E-state index contributed by atoms with van der Waals surface area (Å²) >= 11 is -2.81. The molecule has 1 fully saturated rings. The van der Waals surface area contributed by atoms with Crippen molar-refractivity contribution in [3.8, 4) is 0 Å². The standard InChI is InChI=1S/C40H39O5.3C4H9.Sn/c1-6-16-31(17-7-1)26-41-30-36-38(42-27-32-18-8-2-9-19-32)40(44-29-34-22-12-4-13-23-34)39(43-28-33-20-10-3-11-21-33)37(45-36)35-24-14-5-15-25-35;3*1-3-4-2;/h1-14,16-25,36-40H,26-30H2;3*1,3-4H2,2H3;/t36-,37+,38-,39+,40+;;;;/m1..../s1. The van der Waals surface area contributed by atoms with E-state index in [0.29, 0.717) is 33.0 Å². The fourth-order valence-electron chi connectivity index (χ4n) is 8.46. The van der Waals surface area contributed by atoms with Crippen molar-refractivity contribution in [2.45, 2.75) is 130 Å². The maximum atomic E-state index is 7.37. The Hall–Kier alpha value is -3.30. The number of benzene rings is 5. The predicted molar refractivity (Wildman–Crippen MR) is 240 cm³/mol. The average molecular weight is 890 g/mol. The molecule has 1 saturated heterocycles. The van der Waals surface area contributed by atoms with E-state index in [4.69, 9.17) is 23.7 Å². The third kappa shape index (κ3) is 12.8. The van der Waals surface area contributed by atoms with Crippen LogP contribution in [0.4, 0.5) is 0 Å². The van der Waals surface area contributed by atoms with Gasteiger partial charge in [-0.05, 0) is 0 Å². The molecule has 0 amide bonds. The van der Waals surface area contributed by atoms with E-state index < -0.39 is 42.8 Å². The molecule has 0 saturated carbocycles. The van der Waals surface area contributed by atoms with Gasteiger partial charge in [0.05, 0.1) is 0 Å². The first-order valence-corrected chi connectivity index (χ1v) is 29.4. The Morgan fingerprint density at radius 3 is 1.36 bits per heavy atom. The molecular weight excluding hydrogens is 823 g/mol. The summed E-state index contributed by atoms with van der Waals surface area (Å²) in [7, 11) is 0. The van der Waals surface area contributed by atoms with Gasteiger partial charge in [0.25, 0.3) is 0 Å². The Balaban J connectivity index is 1.42. The van der Waals surface area contributed by atoms with Gasteiger partial charge < -0.3 is 0 Å². The van der Waals surface area contributed by atoms with Crippen LogP contribution in [0.3, 0.4) is 0 Å². The zero-order chi connectivity index (χ0) is 40.3. The Kier molecular flexibility index (Phi) is 18.4. The van der Waals surface area contributed by atoms with Crippen molar-refractivity contribution in [3.63, 3.8) is 0 Å². The quantitative estimate of drug-likeness (QED) is 0.0578. The summed E-state index contributed by atoms with van der Waals surface area (Å²) in [5, 5.41) is 0. The third-order valence-corrected chi connectivity index (χ3v) is 27.3. The van der Waals surface area contributed by atoms with E-state index in [1.165, 1.54) is 57.4 Å². The van der Waals surface area contributed by atoms with Crippen molar-refractivity contribution in [1.29, 1.82) is 0 Å². The minimum atomic E-state index is -2.81. The number of rotatable bonds is 24. The molecule has 0 bridgehead atoms. The summed E-state index contributed by atoms with van der Waals surface area (Å²) in [6.45, 7) is 9.17. The molecule has 1 heterocycles. The van der Waals surface area contributed by atoms with Crippen molar-refractivity contribution >= 4 is 22.0 Å². The van der Waals surface area contributed by atoms with Gasteiger partial charge in [0, 0.05) is 0 Å². The number of ether oxygens (including phenoxy) is 5. The molecule has 5 atom stereocenters. The second-order valence-electron chi connectivity index (χ2n) is 16.1. The Labute approximate surface area is 353 Å². The summed E-state index contributed by atoms with van der Waals surface area (Å²) < 4.78 is 40.9. The van der Waals surface area contributed by atoms with Crippen LogP contribution in [0.1, 0.15) is 93.2 Å². The zero-order valence-corrected chi connectivity index (χ0v) is 38.0.